The summed E-state index contributed by atoms with van der Waals surface area (Å²) < 4.78 is 7.36. The Morgan fingerprint density at radius 2 is 2.19 bits per heavy atom. The first kappa shape index (κ1) is 18.6. The first-order valence-electron chi connectivity index (χ1n) is 9.83. The van der Waals surface area contributed by atoms with Gasteiger partial charge in [-0.25, -0.2) is 4.98 Å². The Labute approximate surface area is 164 Å². The van der Waals surface area contributed by atoms with Gasteiger partial charge >= 0.3 is 0 Å². The third-order valence-corrected chi connectivity index (χ3v) is 7.35. The molecule has 1 amide bonds. The summed E-state index contributed by atoms with van der Waals surface area (Å²) in [5, 5.41) is 7.54. The lowest BCUT2D eigenvalue weighted by molar-refractivity contribution is -0.113. The molecular formula is C20H28N4O2S. The minimum atomic E-state index is -0.0919. The number of aryl methyl sites for hydroxylation is 2. The average molecular weight is 389 g/mol. The fraction of sp³-hybridized carbons (Fsp3) is 0.650. The lowest BCUT2D eigenvalue weighted by Crippen LogP contribution is -2.23. The smallest absolute Gasteiger partial charge is 0.236 e. The van der Waals surface area contributed by atoms with Crippen LogP contribution in [0.15, 0.2) is 15.7 Å². The molecule has 2 aromatic rings. The SMILES string of the molecule is Cc1cc(NC(=O)CSc2nc(C)c(C)n2C(C)C2CC3CCC2C3)no1. The number of aromatic nitrogens is 3. The van der Waals surface area contributed by atoms with Crippen LogP contribution in [0.1, 0.15) is 55.8 Å². The number of imidazole rings is 1. The quantitative estimate of drug-likeness (QED) is 0.736. The number of hydrogen-bond acceptors (Lipinski definition) is 5. The molecule has 0 saturated heterocycles. The maximum Gasteiger partial charge on any atom is 0.236 e. The summed E-state index contributed by atoms with van der Waals surface area (Å²) in [5.41, 5.74) is 2.28. The van der Waals surface area contributed by atoms with Crippen LogP contribution in [-0.2, 0) is 4.79 Å². The second-order valence-electron chi connectivity index (χ2n) is 8.17. The number of fused-ring (bicyclic) bond motifs is 2. The number of anilines is 1. The molecule has 1 N–H and O–H groups in total. The molecule has 7 heteroatoms. The average Bonchev–Trinajstić information content (AvgIpc) is 3.39. The molecule has 0 spiro atoms. The molecule has 2 saturated carbocycles. The minimum absolute atomic E-state index is 0.0919. The number of carbonyl (C=O) groups is 1. The Balaban J connectivity index is 1.45. The molecule has 2 fully saturated rings. The van der Waals surface area contributed by atoms with E-state index in [0.29, 0.717) is 23.4 Å². The van der Waals surface area contributed by atoms with Gasteiger partial charge in [-0.3, -0.25) is 4.79 Å². The summed E-state index contributed by atoms with van der Waals surface area (Å²) in [6.45, 7) is 8.34. The van der Waals surface area contributed by atoms with Crippen molar-refractivity contribution in [2.24, 2.45) is 17.8 Å². The molecule has 146 valence electrons. The van der Waals surface area contributed by atoms with Gasteiger partial charge in [0.25, 0.3) is 0 Å². The summed E-state index contributed by atoms with van der Waals surface area (Å²) in [6, 6.07) is 2.15. The Hall–Kier alpha value is -1.76. The first-order chi connectivity index (χ1) is 12.9. The van der Waals surface area contributed by atoms with Crippen LogP contribution in [-0.4, -0.2) is 26.4 Å². The fourth-order valence-corrected chi connectivity index (χ4v) is 5.96. The Kier molecular flexibility index (Phi) is 5.05. The maximum atomic E-state index is 12.3. The molecule has 2 bridgehead atoms. The summed E-state index contributed by atoms with van der Waals surface area (Å²) >= 11 is 1.50. The molecule has 2 aliphatic carbocycles. The van der Waals surface area contributed by atoms with Crippen molar-refractivity contribution >= 4 is 23.5 Å². The molecule has 0 radical (unpaired) electrons. The Morgan fingerprint density at radius 1 is 1.37 bits per heavy atom. The van der Waals surface area contributed by atoms with Crippen LogP contribution in [0.4, 0.5) is 5.82 Å². The summed E-state index contributed by atoms with van der Waals surface area (Å²) in [7, 11) is 0. The summed E-state index contributed by atoms with van der Waals surface area (Å²) in [5.74, 6) is 3.89. The van der Waals surface area contributed by atoms with Gasteiger partial charge in [-0.15, -0.1) is 0 Å². The van der Waals surface area contributed by atoms with E-state index in [1.54, 1.807) is 13.0 Å². The molecule has 2 aliphatic rings. The van der Waals surface area contributed by atoms with Crippen LogP contribution in [0.5, 0.6) is 0 Å². The highest BCUT2D eigenvalue weighted by atomic mass is 32.2. The number of rotatable bonds is 6. The standard InChI is InChI=1S/C20H28N4O2S/c1-11-7-18(23-26-11)22-19(25)10-27-20-21-12(2)13(3)24(20)14(4)17-9-15-5-6-16(17)8-15/h7,14-17H,5-6,8-10H2,1-4H3,(H,22,23,25). The van der Waals surface area contributed by atoms with Crippen molar-refractivity contribution in [3.8, 4) is 0 Å². The van der Waals surface area contributed by atoms with Crippen LogP contribution >= 0.6 is 11.8 Å². The van der Waals surface area contributed by atoms with Crippen LogP contribution in [0.2, 0.25) is 0 Å². The normalized spacial score (nSPS) is 25.1. The van der Waals surface area contributed by atoms with E-state index in [-0.39, 0.29) is 5.91 Å². The van der Waals surface area contributed by atoms with E-state index in [0.717, 1.165) is 28.6 Å². The monoisotopic (exact) mass is 388 g/mol. The number of nitrogens with zero attached hydrogens (tertiary/aromatic N) is 3. The first-order valence-corrected chi connectivity index (χ1v) is 10.8. The molecule has 4 atom stereocenters. The van der Waals surface area contributed by atoms with E-state index in [1.807, 2.05) is 0 Å². The van der Waals surface area contributed by atoms with Gasteiger partial charge in [0.1, 0.15) is 5.76 Å². The van der Waals surface area contributed by atoms with Gasteiger partial charge in [-0.2, -0.15) is 0 Å². The predicted molar refractivity (Wildman–Crippen MR) is 106 cm³/mol. The van der Waals surface area contributed by atoms with E-state index in [4.69, 9.17) is 9.51 Å². The maximum absolute atomic E-state index is 12.3. The Bertz CT molecular complexity index is 843. The zero-order valence-corrected chi connectivity index (χ0v) is 17.3. The van der Waals surface area contributed by atoms with Gasteiger partial charge in [-0.05, 0) is 64.7 Å². The number of nitrogens with one attached hydrogen (secondary N) is 1. The van der Waals surface area contributed by atoms with Crippen molar-refractivity contribution in [3.63, 3.8) is 0 Å². The topological polar surface area (TPSA) is 73.0 Å². The molecule has 0 aromatic carbocycles. The minimum Gasteiger partial charge on any atom is -0.360 e. The molecule has 2 aromatic heterocycles. The van der Waals surface area contributed by atoms with Gasteiger partial charge in [0.2, 0.25) is 5.91 Å². The van der Waals surface area contributed by atoms with E-state index >= 15 is 0 Å². The lowest BCUT2D eigenvalue weighted by Gasteiger charge is -2.30. The predicted octanol–water partition coefficient (Wildman–Crippen LogP) is 4.52. The van der Waals surface area contributed by atoms with Crippen molar-refractivity contribution in [1.82, 2.24) is 14.7 Å². The second kappa shape index (κ2) is 7.34. The lowest BCUT2D eigenvalue weighted by atomic mass is 9.84. The van der Waals surface area contributed by atoms with Crippen LogP contribution in [0, 0.1) is 38.5 Å². The van der Waals surface area contributed by atoms with Crippen LogP contribution in [0.3, 0.4) is 0 Å². The third kappa shape index (κ3) is 3.66. The number of carbonyl (C=O) groups excluding carboxylic acids is 1. The molecule has 27 heavy (non-hydrogen) atoms. The van der Waals surface area contributed by atoms with Crippen molar-refractivity contribution in [1.29, 1.82) is 0 Å². The van der Waals surface area contributed by atoms with Crippen LogP contribution in [0.25, 0.3) is 0 Å². The number of hydrogen-bond donors (Lipinski definition) is 1. The highest BCUT2D eigenvalue weighted by Gasteiger charge is 2.43. The van der Waals surface area contributed by atoms with Gasteiger partial charge in [0.05, 0.1) is 11.4 Å². The van der Waals surface area contributed by atoms with Gasteiger partial charge < -0.3 is 14.4 Å². The van der Waals surface area contributed by atoms with Crippen LogP contribution < -0.4 is 5.32 Å². The molecule has 4 unspecified atom stereocenters. The third-order valence-electron chi connectivity index (χ3n) is 6.40. The van der Waals surface area contributed by atoms with E-state index in [9.17, 15) is 4.79 Å². The van der Waals surface area contributed by atoms with Gasteiger partial charge in [0, 0.05) is 17.8 Å². The van der Waals surface area contributed by atoms with Crippen molar-refractivity contribution < 1.29 is 9.32 Å². The molecular weight excluding hydrogens is 360 g/mol. The zero-order chi connectivity index (χ0) is 19.1. The molecule has 6 nitrogen and oxygen atoms in total. The van der Waals surface area contributed by atoms with E-state index in [1.165, 1.54) is 43.1 Å². The van der Waals surface area contributed by atoms with E-state index < -0.39 is 0 Å². The number of thioether (sulfide) groups is 1. The highest BCUT2D eigenvalue weighted by Crippen LogP contribution is 2.52. The fourth-order valence-electron chi connectivity index (χ4n) is 4.99. The highest BCUT2D eigenvalue weighted by molar-refractivity contribution is 7.99. The van der Waals surface area contributed by atoms with Gasteiger partial charge in [0.15, 0.2) is 11.0 Å². The molecule has 4 rings (SSSR count). The largest absolute Gasteiger partial charge is 0.360 e. The zero-order valence-electron chi connectivity index (χ0n) is 16.5. The summed E-state index contributed by atoms with van der Waals surface area (Å²) in [4.78, 5) is 17.0. The van der Waals surface area contributed by atoms with Gasteiger partial charge in [-0.1, -0.05) is 23.3 Å². The summed E-state index contributed by atoms with van der Waals surface area (Å²) in [6.07, 6.45) is 5.55. The van der Waals surface area contributed by atoms with Crippen molar-refractivity contribution in [3.05, 3.63) is 23.2 Å². The van der Waals surface area contributed by atoms with Crippen molar-refractivity contribution in [2.45, 2.75) is 64.6 Å². The Morgan fingerprint density at radius 3 is 2.81 bits per heavy atom. The molecule has 2 heterocycles. The second-order valence-corrected chi connectivity index (χ2v) is 9.12. The number of amides is 1. The van der Waals surface area contributed by atoms with E-state index in [2.05, 4.69) is 35.8 Å². The molecule has 0 aliphatic heterocycles. The van der Waals surface area contributed by atoms with Crippen molar-refractivity contribution in [2.75, 3.05) is 11.1 Å².